The van der Waals surface area contributed by atoms with Gasteiger partial charge in [0.2, 0.25) is 5.91 Å². The van der Waals surface area contributed by atoms with Gasteiger partial charge in [0.15, 0.2) is 0 Å². The van der Waals surface area contributed by atoms with Crippen LogP contribution in [0.4, 0.5) is 0 Å². The van der Waals surface area contributed by atoms with E-state index in [-0.39, 0.29) is 5.91 Å². The second-order valence-corrected chi connectivity index (χ2v) is 4.74. The Kier molecular flexibility index (Phi) is 4.33. The molecule has 1 saturated heterocycles. The van der Waals surface area contributed by atoms with E-state index in [1.54, 1.807) is 6.20 Å². The highest BCUT2D eigenvalue weighted by molar-refractivity contribution is 5.78. The number of nitrogens with one attached hydrogen (secondary N) is 1. The number of imidazole rings is 1. The number of amides is 1. The zero-order chi connectivity index (χ0) is 13.0. The van der Waals surface area contributed by atoms with E-state index in [0.717, 1.165) is 32.0 Å². The highest BCUT2D eigenvalue weighted by atomic mass is 16.2. The van der Waals surface area contributed by atoms with Crippen LogP contribution in [0.2, 0.25) is 0 Å². The van der Waals surface area contributed by atoms with Gasteiger partial charge in [-0.1, -0.05) is 0 Å². The third kappa shape index (κ3) is 3.30. The molecule has 0 unspecified atom stereocenters. The number of hydrogen-bond donors (Lipinski definition) is 1. The van der Waals surface area contributed by atoms with Gasteiger partial charge in [-0.25, -0.2) is 4.98 Å². The van der Waals surface area contributed by atoms with Crippen LogP contribution in [-0.4, -0.2) is 65.0 Å². The molecule has 1 aromatic heterocycles. The predicted octanol–water partition coefficient (Wildman–Crippen LogP) is -0.716. The number of hydrogen-bond acceptors (Lipinski definition) is 4. The third-order valence-electron chi connectivity index (χ3n) is 3.34. The van der Waals surface area contributed by atoms with Gasteiger partial charge in [-0.2, -0.15) is 0 Å². The number of nitrogens with zero attached hydrogens (tertiary/aromatic N) is 4. The van der Waals surface area contributed by atoms with Crippen molar-refractivity contribution >= 4 is 5.91 Å². The van der Waals surface area contributed by atoms with Crippen LogP contribution in [0, 0.1) is 0 Å². The maximum absolute atomic E-state index is 11.9. The molecule has 0 radical (unpaired) electrons. The predicted molar refractivity (Wildman–Crippen MR) is 69.0 cm³/mol. The highest BCUT2D eigenvalue weighted by Gasteiger charge is 2.18. The topological polar surface area (TPSA) is 53.4 Å². The fourth-order valence-electron chi connectivity index (χ4n) is 2.02. The second-order valence-electron chi connectivity index (χ2n) is 4.74. The van der Waals surface area contributed by atoms with Crippen LogP contribution in [0.5, 0.6) is 0 Å². The van der Waals surface area contributed by atoms with Gasteiger partial charge in [0.1, 0.15) is 5.82 Å². The van der Waals surface area contributed by atoms with Crippen molar-refractivity contribution in [3.63, 3.8) is 0 Å². The molecule has 1 amide bonds. The summed E-state index contributed by atoms with van der Waals surface area (Å²) in [7, 11) is 4.04. The Morgan fingerprint density at radius 1 is 1.33 bits per heavy atom. The molecule has 0 aromatic carbocycles. The number of carbonyl (C=O) groups excluding carboxylic acids is 1. The van der Waals surface area contributed by atoms with E-state index in [1.165, 1.54) is 0 Å². The lowest BCUT2D eigenvalue weighted by Gasteiger charge is -2.32. The van der Waals surface area contributed by atoms with E-state index < -0.39 is 0 Å². The summed E-state index contributed by atoms with van der Waals surface area (Å²) in [6.45, 7) is 4.61. The summed E-state index contributed by atoms with van der Waals surface area (Å²) in [5, 5.41) is 3.15. The summed E-state index contributed by atoms with van der Waals surface area (Å²) in [6.07, 6.45) is 3.67. The van der Waals surface area contributed by atoms with Gasteiger partial charge < -0.3 is 19.7 Å². The minimum Gasteiger partial charge on any atom is -0.339 e. The summed E-state index contributed by atoms with van der Waals surface area (Å²) in [5.74, 6) is 1.12. The minimum atomic E-state index is 0.178. The zero-order valence-electron chi connectivity index (χ0n) is 11.1. The Bertz CT molecular complexity index is 395. The van der Waals surface area contributed by atoms with Crippen molar-refractivity contribution in [3.8, 4) is 0 Å². The maximum Gasteiger partial charge on any atom is 0.236 e. The van der Waals surface area contributed by atoms with Crippen LogP contribution in [0.25, 0.3) is 0 Å². The molecule has 0 aliphatic carbocycles. The molecule has 1 aromatic rings. The Balaban J connectivity index is 1.70. The number of likely N-dealkylation sites (N-methyl/N-ethyl adjacent to an activating group) is 1. The molecule has 1 fully saturated rings. The lowest BCUT2D eigenvalue weighted by Crippen LogP contribution is -2.49. The Morgan fingerprint density at radius 2 is 2.06 bits per heavy atom. The van der Waals surface area contributed by atoms with Crippen molar-refractivity contribution in [2.45, 2.75) is 6.54 Å². The van der Waals surface area contributed by atoms with Crippen molar-refractivity contribution in [1.82, 2.24) is 24.7 Å². The molecule has 0 atom stereocenters. The number of carbonyl (C=O) groups is 1. The SMILES string of the molecule is CN1CCN(C(=O)CNCc2nccn2C)CC1. The van der Waals surface area contributed by atoms with Gasteiger partial charge in [0, 0.05) is 45.6 Å². The number of rotatable bonds is 4. The van der Waals surface area contributed by atoms with E-state index in [0.29, 0.717) is 13.1 Å². The number of aryl methyl sites for hydroxylation is 1. The van der Waals surface area contributed by atoms with E-state index in [9.17, 15) is 4.79 Å². The zero-order valence-corrected chi connectivity index (χ0v) is 11.1. The van der Waals surface area contributed by atoms with Gasteiger partial charge >= 0.3 is 0 Å². The fraction of sp³-hybridized carbons (Fsp3) is 0.667. The van der Waals surface area contributed by atoms with E-state index in [4.69, 9.17) is 0 Å². The van der Waals surface area contributed by atoms with E-state index in [2.05, 4.69) is 22.2 Å². The van der Waals surface area contributed by atoms with Crippen LogP contribution in [0.15, 0.2) is 12.4 Å². The molecule has 6 nitrogen and oxygen atoms in total. The van der Waals surface area contributed by atoms with Crippen molar-refractivity contribution in [2.75, 3.05) is 39.8 Å². The first-order valence-electron chi connectivity index (χ1n) is 6.30. The average molecular weight is 251 g/mol. The van der Waals surface area contributed by atoms with Crippen molar-refractivity contribution in [1.29, 1.82) is 0 Å². The number of aromatic nitrogens is 2. The van der Waals surface area contributed by atoms with Crippen LogP contribution in [0.1, 0.15) is 5.82 Å². The maximum atomic E-state index is 11.9. The van der Waals surface area contributed by atoms with Crippen LogP contribution in [0.3, 0.4) is 0 Å². The van der Waals surface area contributed by atoms with Crippen molar-refractivity contribution in [2.24, 2.45) is 7.05 Å². The molecule has 0 spiro atoms. The summed E-state index contributed by atoms with van der Waals surface area (Å²) in [4.78, 5) is 20.3. The molecule has 2 heterocycles. The summed E-state index contributed by atoms with van der Waals surface area (Å²) >= 11 is 0. The molecule has 100 valence electrons. The molecule has 1 aliphatic rings. The van der Waals surface area contributed by atoms with E-state index in [1.807, 2.05) is 22.7 Å². The smallest absolute Gasteiger partial charge is 0.236 e. The summed E-state index contributed by atoms with van der Waals surface area (Å²) < 4.78 is 1.95. The van der Waals surface area contributed by atoms with Crippen LogP contribution in [-0.2, 0) is 18.4 Å². The first-order chi connectivity index (χ1) is 8.66. The third-order valence-corrected chi connectivity index (χ3v) is 3.34. The van der Waals surface area contributed by atoms with E-state index >= 15 is 0 Å². The largest absolute Gasteiger partial charge is 0.339 e. The molecule has 6 heteroatoms. The number of piperazine rings is 1. The molecule has 0 bridgehead atoms. The monoisotopic (exact) mass is 251 g/mol. The van der Waals surface area contributed by atoms with Gasteiger partial charge in [0.25, 0.3) is 0 Å². The highest BCUT2D eigenvalue weighted by Crippen LogP contribution is 1.99. The molecule has 0 saturated carbocycles. The standard InChI is InChI=1S/C12H21N5O/c1-15-5-7-17(8-6-15)12(18)10-13-9-11-14-3-4-16(11)2/h3-4,13H,5-10H2,1-2H3. The quantitative estimate of drug-likeness (QED) is 0.767. The van der Waals surface area contributed by atoms with Crippen molar-refractivity contribution in [3.05, 3.63) is 18.2 Å². The molecule has 2 rings (SSSR count). The molecular weight excluding hydrogens is 230 g/mol. The Hall–Kier alpha value is -1.40. The van der Waals surface area contributed by atoms with Crippen LogP contribution < -0.4 is 5.32 Å². The van der Waals surface area contributed by atoms with Gasteiger partial charge in [-0.15, -0.1) is 0 Å². The van der Waals surface area contributed by atoms with Gasteiger partial charge in [0.05, 0.1) is 13.1 Å². The lowest BCUT2D eigenvalue weighted by molar-refractivity contribution is -0.131. The van der Waals surface area contributed by atoms with Crippen molar-refractivity contribution < 1.29 is 4.79 Å². The minimum absolute atomic E-state index is 0.178. The molecule has 1 N–H and O–H groups in total. The Morgan fingerprint density at radius 3 is 2.67 bits per heavy atom. The average Bonchev–Trinajstić information content (AvgIpc) is 2.76. The van der Waals surface area contributed by atoms with Crippen LogP contribution >= 0.6 is 0 Å². The fourth-order valence-corrected chi connectivity index (χ4v) is 2.02. The first-order valence-corrected chi connectivity index (χ1v) is 6.30. The molecular formula is C12H21N5O. The lowest BCUT2D eigenvalue weighted by atomic mass is 10.3. The summed E-state index contributed by atoms with van der Waals surface area (Å²) in [6, 6.07) is 0. The second kappa shape index (κ2) is 5.97. The summed E-state index contributed by atoms with van der Waals surface area (Å²) in [5.41, 5.74) is 0. The molecule has 18 heavy (non-hydrogen) atoms. The van der Waals surface area contributed by atoms with Gasteiger partial charge in [-0.05, 0) is 7.05 Å². The molecule has 1 aliphatic heterocycles. The normalized spacial score (nSPS) is 17.1. The Labute approximate surface area is 108 Å². The first kappa shape index (κ1) is 13.0. The van der Waals surface area contributed by atoms with Gasteiger partial charge in [-0.3, -0.25) is 4.79 Å².